The average Bonchev–Trinajstić information content (AvgIpc) is 2.67. The van der Waals surface area contributed by atoms with E-state index in [2.05, 4.69) is 0 Å². The van der Waals surface area contributed by atoms with Crippen molar-refractivity contribution in [3.8, 4) is 5.75 Å². The van der Waals surface area contributed by atoms with Gasteiger partial charge in [0, 0.05) is 0 Å². The standard InChI is InChI=1S/C16H23BO7S/c1-15(2)16(3,4)24-17(23-15)13-10-12(22-25(6,19)20)8-7-11(13)9-14(18)21-5/h7-8,10H,9H2,1-6H3. The Morgan fingerprint density at radius 2 is 1.72 bits per heavy atom. The molecule has 0 aromatic heterocycles. The fourth-order valence-electron chi connectivity index (χ4n) is 2.38. The Morgan fingerprint density at radius 1 is 1.16 bits per heavy atom. The van der Waals surface area contributed by atoms with Gasteiger partial charge in [-0.3, -0.25) is 4.79 Å². The van der Waals surface area contributed by atoms with Crippen molar-refractivity contribution in [3.63, 3.8) is 0 Å². The van der Waals surface area contributed by atoms with E-state index in [9.17, 15) is 13.2 Å². The number of carbonyl (C=O) groups excluding carboxylic acids is 1. The lowest BCUT2D eigenvalue weighted by molar-refractivity contribution is -0.139. The first kappa shape index (κ1) is 19.7. The predicted octanol–water partition coefficient (Wildman–Crippen LogP) is 1.04. The van der Waals surface area contributed by atoms with Gasteiger partial charge in [0.05, 0.1) is 31.0 Å². The summed E-state index contributed by atoms with van der Waals surface area (Å²) < 4.78 is 44.5. The van der Waals surface area contributed by atoms with E-state index in [1.54, 1.807) is 6.07 Å². The third-order valence-electron chi connectivity index (χ3n) is 4.43. The first-order valence-electron chi connectivity index (χ1n) is 7.79. The summed E-state index contributed by atoms with van der Waals surface area (Å²) in [6.07, 6.45) is 0.971. The third-order valence-corrected chi connectivity index (χ3v) is 4.93. The van der Waals surface area contributed by atoms with Crippen molar-refractivity contribution >= 4 is 28.7 Å². The summed E-state index contributed by atoms with van der Waals surface area (Å²) in [6.45, 7) is 7.63. The van der Waals surface area contributed by atoms with Gasteiger partial charge in [-0.15, -0.1) is 0 Å². The molecule has 2 rings (SSSR count). The van der Waals surface area contributed by atoms with Gasteiger partial charge in [0.15, 0.2) is 0 Å². The molecule has 9 heteroatoms. The van der Waals surface area contributed by atoms with E-state index in [-0.39, 0.29) is 12.2 Å². The number of esters is 1. The molecule has 1 saturated heterocycles. The van der Waals surface area contributed by atoms with Gasteiger partial charge in [-0.25, -0.2) is 0 Å². The smallest absolute Gasteiger partial charge is 0.469 e. The summed E-state index contributed by atoms with van der Waals surface area (Å²) in [6, 6.07) is 4.60. The molecule has 0 bridgehead atoms. The van der Waals surface area contributed by atoms with Gasteiger partial charge >= 0.3 is 23.2 Å². The monoisotopic (exact) mass is 370 g/mol. The van der Waals surface area contributed by atoms with Gasteiger partial charge in [0.2, 0.25) is 0 Å². The van der Waals surface area contributed by atoms with Crippen LogP contribution in [0.2, 0.25) is 0 Å². The number of methoxy groups -OCH3 is 1. The number of carbonyl (C=O) groups is 1. The Balaban J connectivity index is 2.44. The van der Waals surface area contributed by atoms with E-state index in [0.29, 0.717) is 11.0 Å². The van der Waals surface area contributed by atoms with Gasteiger partial charge < -0.3 is 18.2 Å². The molecule has 7 nitrogen and oxygen atoms in total. The number of hydrogen-bond acceptors (Lipinski definition) is 7. The molecule has 0 saturated carbocycles. The molecule has 1 heterocycles. The van der Waals surface area contributed by atoms with Gasteiger partial charge in [-0.1, -0.05) is 6.07 Å². The molecule has 0 N–H and O–H groups in total. The Labute approximate surface area is 148 Å². The lowest BCUT2D eigenvalue weighted by Gasteiger charge is -2.32. The van der Waals surface area contributed by atoms with Crippen LogP contribution in [0.5, 0.6) is 5.75 Å². The summed E-state index contributed by atoms with van der Waals surface area (Å²) in [5.74, 6) is -0.296. The summed E-state index contributed by atoms with van der Waals surface area (Å²) in [5.41, 5.74) is -0.00155. The van der Waals surface area contributed by atoms with E-state index in [4.69, 9.17) is 18.2 Å². The van der Waals surface area contributed by atoms with E-state index in [1.807, 2.05) is 27.7 Å². The van der Waals surface area contributed by atoms with Gasteiger partial charge in [0.1, 0.15) is 5.75 Å². The second-order valence-corrected chi connectivity index (χ2v) is 8.56. The predicted molar refractivity (Wildman–Crippen MR) is 93.3 cm³/mol. The maximum absolute atomic E-state index is 11.7. The van der Waals surface area contributed by atoms with Crippen molar-refractivity contribution in [2.45, 2.75) is 45.3 Å². The number of rotatable bonds is 5. The van der Waals surface area contributed by atoms with E-state index >= 15 is 0 Å². The highest BCUT2D eigenvalue weighted by molar-refractivity contribution is 7.86. The van der Waals surface area contributed by atoms with Crippen molar-refractivity contribution in [3.05, 3.63) is 23.8 Å². The second-order valence-electron chi connectivity index (χ2n) is 6.99. The molecule has 0 aliphatic carbocycles. The average molecular weight is 370 g/mol. The molecule has 1 aromatic rings. The molecule has 138 valence electrons. The molecule has 25 heavy (non-hydrogen) atoms. The summed E-state index contributed by atoms with van der Waals surface area (Å²) >= 11 is 0. The van der Waals surface area contributed by atoms with Crippen LogP contribution in [0.25, 0.3) is 0 Å². The van der Waals surface area contributed by atoms with Crippen molar-refractivity contribution in [2.24, 2.45) is 0 Å². The molecule has 1 fully saturated rings. The molecule has 0 radical (unpaired) electrons. The van der Waals surface area contributed by atoms with Crippen LogP contribution in [0.4, 0.5) is 0 Å². The van der Waals surface area contributed by atoms with Gasteiger partial charge in [-0.2, -0.15) is 8.42 Å². The Hall–Kier alpha value is -1.58. The zero-order chi connectivity index (χ0) is 19.0. The summed E-state index contributed by atoms with van der Waals surface area (Å²) in [4.78, 5) is 11.7. The van der Waals surface area contributed by atoms with Gasteiger partial charge in [-0.05, 0) is 50.9 Å². The van der Waals surface area contributed by atoms with Crippen LogP contribution < -0.4 is 9.65 Å². The first-order valence-corrected chi connectivity index (χ1v) is 9.61. The SMILES string of the molecule is COC(=O)Cc1ccc(OS(C)(=O)=O)cc1B1OC(C)(C)C(C)(C)O1. The van der Waals surface area contributed by atoms with Crippen LogP contribution in [-0.4, -0.2) is 46.1 Å². The molecular formula is C16H23BO7S. The Morgan fingerprint density at radius 3 is 2.20 bits per heavy atom. The fraction of sp³-hybridized carbons (Fsp3) is 0.562. The van der Waals surface area contributed by atoms with E-state index in [0.717, 1.165) is 6.26 Å². The molecular weight excluding hydrogens is 347 g/mol. The zero-order valence-electron chi connectivity index (χ0n) is 15.3. The molecule has 1 aliphatic heterocycles. The third kappa shape index (κ3) is 4.53. The first-order chi connectivity index (χ1) is 11.3. The maximum Gasteiger partial charge on any atom is 0.495 e. The number of benzene rings is 1. The molecule has 0 spiro atoms. The van der Waals surface area contributed by atoms with Crippen LogP contribution in [0.1, 0.15) is 33.3 Å². The number of ether oxygens (including phenoxy) is 1. The molecule has 0 atom stereocenters. The van der Waals surface area contributed by atoms with Crippen LogP contribution >= 0.6 is 0 Å². The fourth-order valence-corrected chi connectivity index (χ4v) is 2.83. The second kappa shape index (κ2) is 6.62. The lowest BCUT2D eigenvalue weighted by atomic mass is 9.75. The molecule has 1 aliphatic rings. The van der Waals surface area contributed by atoms with Crippen molar-refractivity contribution in [2.75, 3.05) is 13.4 Å². The normalized spacial score (nSPS) is 18.9. The topological polar surface area (TPSA) is 88.1 Å². The highest BCUT2D eigenvalue weighted by Crippen LogP contribution is 2.37. The Kier molecular flexibility index (Phi) is 5.23. The van der Waals surface area contributed by atoms with Crippen LogP contribution in [0.3, 0.4) is 0 Å². The van der Waals surface area contributed by atoms with Crippen molar-refractivity contribution < 1.29 is 31.4 Å². The quantitative estimate of drug-likeness (QED) is 0.435. The highest BCUT2D eigenvalue weighted by Gasteiger charge is 2.52. The van der Waals surface area contributed by atoms with Crippen LogP contribution in [0.15, 0.2) is 18.2 Å². The van der Waals surface area contributed by atoms with Gasteiger partial charge in [0.25, 0.3) is 0 Å². The number of hydrogen-bond donors (Lipinski definition) is 0. The minimum absolute atomic E-state index is 0.00899. The lowest BCUT2D eigenvalue weighted by Crippen LogP contribution is -2.41. The van der Waals surface area contributed by atoms with E-state index < -0.39 is 34.4 Å². The molecule has 1 aromatic carbocycles. The summed E-state index contributed by atoms with van der Waals surface area (Å²) in [5, 5.41) is 0. The maximum atomic E-state index is 11.7. The zero-order valence-corrected chi connectivity index (χ0v) is 16.1. The van der Waals surface area contributed by atoms with Crippen molar-refractivity contribution in [1.82, 2.24) is 0 Å². The van der Waals surface area contributed by atoms with Crippen LogP contribution in [0, 0.1) is 0 Å². The Bertz CT molecular complexity index is 755. The van der Waals surface area contributed by atoms with E-state index in [1.165, 1.54) is 19.2 Å². The minimum atomic E-state index is -3.68. The molecule has 0 unspecified atom stereocenters. The highest BCUT2D eigenvalue weighted by atomic mass is 32.2. The largest absolute Gasteiger partial charge is 0.495 e. The summed E-state index contributed by atoms with van der Waals surface area (Å²) in [7, 11) is -3.13. The van der Waals surface area contributed by atoms with Crippen molar-refractivity contribution in [1.29, 1.82) is 0 Å². The minimum Gasteiger partial charge on any atom is -0.469 e. The molecule has 0 amide bonds. The van der Waals surface area contributed by atoms with Crippen LogP contribution in [-0.2, 0) is 35.4 Å².